The summed E-state index contributed by atoms with van der Waals surface area (Å²) in [6, 6.07) is 25.3. The van der Waals surface area contributed by atoms with Gasteiger partial charge in [-0.15, -0.1) is 0 Å². The zero-order valence-electron chi connectivity index (χ0n) is 45.8. The number of ether oxygens (including phenoxy) is 3. The molecule has 26 nitrogen and oxygen atoms in total. The van der Waals surface area contributed by atoms with E-state index in [1.54, 1.807) is 101 Å². The van der Waals surface area contributed by atoms with Crippen LogP contribution in [0.5, 0.6) is 34.5 Å². The third-order valence-electron chi connectivity index (χ3n) is 11.1. The molecule has 438 valence electrons. The summed E-state index contributed by atoms with van der Waals surface area (Å²) in [5, 5.41) is 29.7. The summed E-state index contributed by atoms with van der Waals surface area (Å²) in [5.41, 5.74) is 13.1. The number of hydrogen-bond acceptors (Lipinski definition) is 21. The molecule has 0 radical (unpaired) electrons. The van der Waals surface area contributed by atoms with E-state index in [0.717, 1.165) is 21.2 Å². The van der Waals surface area contributed by atoms with Crippen LogP contribution in [-0.4, -0.2) is 87.6 Å². The Morgan fingerprint density at radius 1 is 0.576 bits per heavy atom. The Hall–Kier alpha value is -9.45. The summed E-state index contributed by atoms with van der Waals surface area (Å²) in [5.74, 6) is 3.95. The van der Waals surface area contributed by atoms with Gasteiger partial charge >= 0.3 is 18.8 Å². The van der Waals surface area contributed by atoms with Gasteiger partial charge in [0.1, 0.15) is 55.8 Å². The maximum Gasteiger partial charge on any atom is 0.498 e. The predicted molar refractivity (Wildman–Crippen MR) is 323 cm³/mol. The van der Waals surface area contributed by atoms with Crippen molar-refractivity contribution in [1.82, 2.24) is 59.4 Å². The number of hydrogen-bond donors (Lipinski definition) is 3. The number of nitrogens with one attached hydrogen (secondary N) is 1. The van der Waals surface area contributed by atoms with E-state index in [2.05, 4.69) is 66.0 Å². The second-order valence-electron chi connectivity index (χ2n) is 18.2. The number of nitrogens with two attached hydrogens (primary N) is 2. The summed E-state index contributed by atoms with van der Waals surface area (Å²) >= 11 is 19.9. The molecule has 1 aliphatic rings. The lowest BCUT2D eigenvalue weighted by atomic mass is 9.82. The van der Waals surface area contributed by atoms with Gasteiger partial charge in [0.25, 0.3) is 0 Å². The lowest BCUT2D eigenvalue weighted by Crippen LogP contribution is -2.41. The lowest BCUT2D eigenvalue weighted by molar-refractivity contribution is -0.389. The molecule has 10 aromatic heterocycles. The van der Waals surface area contributed by atoms with E-state index in [9.17, 15) is 25.0 Å². The number of rotatable bonds is 10. The number of pyridine rings is 8. The molecule has 0 atom stereocenters. The Labute approximate surface area is 508 Å². The Morgan fingerprint density at radius 3 is 1.44 bits per heavy atom. The molecule has 0 bridgehead atoms. The van der Waals surface area contributed by atoms with E-state index in [4.69, 9.17) is 69.8 Å². The van der Waals surface area contributed by atoms with Gasteiger partial charge in [0.2, 0.25) is 0 Å². The van der Waals surface area contributed by atoms with E-state index in [-0.39, 0.29) is 35.4 Å². The third-order valence-corrected chi connectivity index (χ3v) is 12.2. The largest absolute Gasteiger partial charge is 0.498 e. The molecule has 0 aliphatic carbocycles. The van der Waals surface area contributed by atoms with Crippen molar-refractivity contribution in [3.63, 3.8) is 0 Å². The van der Waals surface area contributed by atoms with Gasteiger partial charge in [-0.1, -0.05) is 34.8 Å². The van der Waals surface area contributed by atoms with E-state index in [1.807, 2.05) is 60.3 Å². The molecular weight excluding hydrogens is 1230 g/mol. The first kappa shape index (κ1) is 64.7. The highest BCUT2D eigenvalue weighted by Gasteiger charge is 2.52. The van der Waals surface area contributed by atoms with Crippen LogP contribution >= 0.6 is 50.7 Å². The Bertz CT molecular complexity index is 3820. The van der Waals surface area contributed by atoms with Crippen molar-refractivity contribution in [2.45, 2.75) is 38.9 Å². The molecule has 0 saturated carbocycles. The van der Waals surface area contributed by atoms with Crippen LogP contribution in [0, 0.1) is 20.2 Å². The zero-order valence-corrected chi connectivity index (χ0v) is 49.7. The summed E-state index contributed by atoms with van der Waals surface area (Å²) in [6.07, 6.45) is 19.4. The first-order valence-corrected chi connectivity index (χ1v) is 26.5. The van der Waals surface area contributed by atoms with Gasteiger partial charge in [0.05, 0.1) is 40.0 Å². The monoisotopic (exact) mass is 1280 g/mol. The van der Waals surface area contributed by atoms with Crippen LogP contribution in [0.3, 0.4) is 0 Å². The van der Waals surface area contributed by atoms with Gasteiger partial charge in [-0.05, 0) is 118 Å². The minimum Gasteiger partial charge on any atom is -0.456 e. The van der Waals surface area contributed by atoms with Gasteiger partial charge in [-0.25, -0.2) is 19.9 Å². The highest BCUT2D eigenvalue weighted by molar-refractivity contribution is 9.10. The van der Waals surface area contributed by atoms with Crippen LogP contribution in [0.4, 0.5) is 23.3 Å². The number of halogens is 4. The Balaban J connectivity index is 0.000000167. The van der Waals surface area contributed by atoms with Crippen LogP contribution in [0.1, 0.15) is 27.7 Å². The molecule has 11 heterocycles. The van der Waals surface area contributed by atoms with Gasteiger partial charge in [-0.2, -0.15) is 10.2 Å². The number of H-pyrrole nitrogens is 1. The molecule has 11 rings (SSSR count). The summed E-state index contributed by atoms with van der Waals surface area (Å²) in [4.78, 5) is 59.3. The highest BCUT2D eigenvalue weighted by Crippen LogP contribution is 2.36. The molecule has 1 fully saturated rings. The van der Waals surface area contributed by atoms with Crippen LogP contribution in [0.25, 0.3) is 11.3 Å². The fourth-order valence-corrected chi connectivity index (χ4v) is 7.10. The molecule has 31 heteroatoms. The van der Waals surface area contributed by atoms with E-state index in [1.165, 1.54) is 61.2 Å². The smallest absolute Gasteiger partial charge is 0.456 e. The molecule has 0 amide bonds. The normalized spacial score (nSPS) is 12.3. The van der Waals surface area contributed by atoms with Gasteiger partial charge in [0, 0.05) is 111 Å². The van der Waals surface area contributed by atoms with Crippen molar-refractivity contribution in [1.29, 1.82) is 0 Å². The van der Waals surface area contributed by atoms with Crippen LogP contribution in [-0.2, 0) is 23.4 Å². The van der Waals surface area contributed by atoms with Crippen molar-refractivity contribution >= 4 is 86.6 Å². The number of anilines is 2. The molecule has 85 heavy (non-hydrogen) atoms. The number of aryl methyl sites for hydroxylation is 2. The quantitative estimate of drug-likeness (QED) is 0.0495. The SMILES string of the molecule is Cn1cc(-c2cc(Oc3ccc(N)nc3)ccn2)cn1.Cn1cc(B2OC(C)(C)C(C)(C)O2)cn1.Nc1ccc(Oc2ccnc(Cl)c2)cn1.O=[N+]([O-])c1ccc(Br)cn1.O=[N+]([O-])c1ccc(Oc2ccnc(Cl)c2)cn1.O=c1cc[nH]c(Cl)c1. The maximum atomic E-state index is 10.4. The number of aromatic amines is 1. The number of nitro groups is 2. The first-order valence-electron chi connectivity index (χ1n) is 24.6. The van der Waals surface area contributed by atoms with Crippen LogP contribution < -0.4 is 36.6 Å². The number of aromatic nitrogens is 12. The highest BCUT2D eigenvalue weighted by atomic mass is 79.9. The van der Waals surface area contributed by atoms with Crippen molar-refractivity contribution < 1.29 is 33.4 Å². The molecule has 1 aliphatic heterocycles. The molecule has 10 aromatic rings. The summed E-state index contributed by atoms with van der Waals surface area (Å²) in [6.45, 7) is 8.18. The fourth-order valence-electron chi connectivity index (χ4n) is 6.37. The van der Waals surface area contributed by atoms with E-state index >= 15 is 0 Å². The van der Waals surface area contributed by atoms with Crippen molar-refractivity contribution in [2.24, 2.45) is 14.1 Å². The van der Waals surface area contributed by atoms with Gasteiger partial charge in [0.15, 0.2) is 23.6 Å². The van der Waals surface area contributed by atoms with Crippen molar-refractivity contribution in [3.8, 4) is 45.8 Å². The number of nitrogens with zero attached hydrogens (tertiary/aromatic N) is 13. The predicted octanol–water partition coefficient (Wildman–Crippen LogP) is 11.1. The molecular formula is C54H51BBrCl3N16O10. The average molecular weight is 1280 g/mol. The second kappa shape index (κ2) is 30.7. The fraction of sp³-hybridized carbons (Fsp3) is 0.148. The lowest BCUT2D eigenvalue weighted by Gasteiger charge is -2.32. The van der Waals surface area contributed by atoms with Crippen molar-refractivity contribution in [2.75, 3.05) is 11.5 Å². The minimum atomic E-state index is -0.576. The van der Waals surface area contributed by atoms with Crippen molar-refractivity contribution in [3.05, 3.63) is 222 Å². The molecule has 0 unspecified atom stereocenters. The van der Waals surface area contributed by atoms with Crippen LogP contribution in [0.2, 0.25) is 15.5 Å². The second-order valence-corrected chi connectivity index (χ2v) is 20.3. The Kier molecular flexibility index (Phi) is 23.4. The van der Waals surface area contributed by atoms with E-state index in [0.29, 0.717) is 61.6 Å². The first-order chi connectivity index (χ1) is 40.4. The van der Waals surface area contributed by atoms with E-state index < -0.39 is 9.85 Å². The standard InChI is InChI=1S/C14H13N5O.C10H17BN2O2.C10H6ClN3O3.C10H8ClN3O.C5H3BrN2O2.C5H4ClNO/c1-19-9-10(7-18-19)13-6-11(4-5-16-13)20-12-2-3-14(15)17-8-12;1-9(2)10(3,4)15-11(14-9)8-6-12-13(5)7-8;11-9-5-7(3-4-12-9)17-8-1-2-10(13-6-8)14(15)16;11-9-5-7(3-4-13-9)15-8-1-2-10(12)14-6-8;6-4-1-2-5(7-3-4)8(9)10;6-5-3-4(8)1-2-7-5/h2-9H,1H3,(H2,15,17);6-7H,1-5H3;1-6H;1-6H,(H2,12,14);1-3H;1-3H,(H,7,8). The van der Waals surface area contributed by atoms with Gasteiger partial charge < -0.3 is 60.2 Å². The minimum absolute atomic E-state index is 0.0752. The molecule has 1 saturated heterocycles. The molecule has 5 N–H and O–H groups in total. The third kappa shape index (κ3) is 21.4. The Morgan fingerprint density at radius 2 is 1.05 bits per heavy atom. The molecule has 0 aromatic carbocycles. The summed E-state index contributed by atoms with van der Waals surface area (Å²) in [7, 11) is 3.45. The average Bonchev–Trinajstić information content (AvgIpc) is 3.29. The van der Waals surface area contributed by atoms with Gasteiger partial charge in [-0.3, -0.25) is 19.1 Å². The van der Waals surface area contributed by atoms with Crippen LogP contribution in [0.15, 0.2) is 181 Å². The molecule has 0 spiro atoms. The zero-order chi connectivity index (χ0) is 61.7. The number of nitrogen functional groups attached to an aromatic ring is 2. The maximum absolute atomic E-state index is 10.4. The topological polar surface area (TPSA) is 343 Å². The summed E-state index contributed by atoms with van der Waals surface area (Å²) < 4.78 is 32.6.